The highest BCUT2D eigenvalue weighted by atomic mass is 14.6. The number of pyridine rings is 1. The standard InChI is InChI=1S/C14H13N3/c1-10(16)12-3-2-4-13(6-12)14-5-11(7-15)8-17-9-14/h2-6,8-10H,16H2,1H3. The molecule has 0 aliphatic carbocycles. The Morgan fingerprint density at radius 3 is 2.76 bits per heavy atom. The average molecular weight is 223 g/mol. The molecule has 0 saturated carbocycles. The largest absolute Gasteiger partial charge is 0.324 e. The molecule has 0 aliphatic rings. The van der Waals surface area contributed by atoms with E-state index < -0.39 is 0 Å². The summed E-state index contributed by atoms with van der Waals surface area (Å²) in [5.41, 5.74) is 9.45. The molecule has 0 bridgehead atoms. The molecule has 0 amide bonds. The molecule has 0 spiro atoms. The van der Waals surface area contributed by atoms with Crippen LogP contribution >= 0.6 is 0 Å². The Morgan fingerprint density at radius 1 is 1.24 bits per heavy atom. The van der Waals surface area contributed by atoms with E-state index in [0.717, 1.165) is 16.7 Å². The second-order valence-corrected chi connectivity index (χ2v) is 3.99. The van der Waals surface area contributed by atoms with E-state index in [4.69, 9.17) is 11.0 Å². The molecule has 1 heterocycles. The van der Waals surface area contributed by atoms with Crippen LogP contribution in [0, 0.1) is 11.3 Å². The van der Waals surface area contributed by atoms with Crippen molar-refractivity contribution >= 4 is 0 Å². The van der Waals surface area contributed by atoms with Crippen LogP contribution < -0.4 is 5.73 Å². The van der Waals surface area contributed by atoms with E-state index in [0.29, 0.717) is 5.56 Å². The fourth-order valence-electron chi connectivity index (χ4n) is 1.66. The average Bonchev–Trinajstić information content (AvgIpc) is 2.39. The topological polar surface area (TPSA) is 62.7 Å². The molecule has 2 aromatic rings. The second kappa shape index (κ2) is 4.77. The van der Waals surface area contributed by atoms with Gasteiger partial charge in [-0.15, -0.1) is 0 Å². The zero-order valence-corrected chi connectivity index (χ0v) is 9.59. The van der Waals surface area contributed by atoms with E-state index in [-0.39, 0.29) is 6.04 Å². The van der Waals surface area contributed by atoms with Crippen molar-refractivity contribution in [1.29, 1.82) is 5.26 Å². The van der Waals surface area contributed by atoms with Crippen LogP contribution in [0.2, 0.25) is 0 Å². The van der Waals surface area contributed by atoms with Crippen molar-refractivity contribution in [3.63, 3.8) is 0 Å². The summed E-state index contributed by atoms with van der Waals surface area (Å²) in [6.07, 6.45) is 3.31. The minimum absolute atomic E-state index is 0.00191. The van der Waals surface area contributed by atoms with Gasteiger partial charge in [0.15, 0.2) is 0 Å². The molecule has 1 atom stereocenters. The van der Waals surface area contributed by atoms with Crippen molar-refractivity contribution in [3.8, 4) is 17.2 Å². The van der Waals surface area contributed by atoms with Crippen molar-refractivity contribution in [2.75, 3.05) is 0 Å². The van der Waals surface area contributed by atoms with Gasteiger partial charge in [-0.1, -0.05) is 18.2 Å². The fraction of sp³-hybridized carbons (Fsp3) is 0.143. The van der Waals surface area contributed by atoms with Crippen LogP contribution in [0.1, 0.15) is 24.1 Å². The van der Waals surface area contributed by atoms with Crippen LogP contribution in [0.4, 0.5) is 0 Å². The summed E-state index contributed by atoms with van der Waals surface area (Å²) in [6.45, 7) is 1.95. The van der Waals surface area contributed by atoms with Crippen LogP contribution in [0.25, 0.3) is 11.1 Å². The van der Waals surface area contributed by atoms with Crippen LogP contribution in [-0.4, -0.2) is 4.98 Å². The van der Waals surface area contributed by atoms with Crippen LogP contribution in [0.3, 0.4) is 0 Å². The first-order chi connectivity index (χ1) is 8.20. The molecular formula is C14H13N3. The molecule has 0 saturated heterocycles. The number of nitrogens with two attached hydrogens (primary N) is 1. The maximum absolute atomic E-state index is 8.84. The zero-order chi connectivity index (χ0) is 12.3. The van der Waals surface area contributed by atoms with E-state index in [2.05, 4.69) is 11.1 Å². The normalized spacial score (nSPS) is 11.8. The molecule has 0 radical (unpaired) electrons. The molecule has 0 aliphatic heterocycles. The molecule has 2 N–H and O–H groups in total. The summed E-state index contributed by atoms with van der Waals surface area (Å²) >= 11 is 0. The highest BCUT2D eigenvalue weighted by Crippen LogP contribution is 2.22. The maximum Gasteiger partial charge on any atom is 0.101 e. The summed E-state index contributed by atoms with van der Waals surface area (Å²) in [5.74, 6) is 0. The van der Waals surface area contributed by atoms with Gasteiger partial charge in [0.1, 0.15) is 6.07 Å². The lowest BCUT2D eigenvalue weighted by molar-refractivity contribution is 0.819. The van der Waals surface area contributed by atoms with Crippen molar-refractivity contribution in [2.45, 2.75) is 13.0 Å². The quantitative estimate of drug-likeness (QED) is 0.851. The molecule has 0 fully saturated rings. The van der Waals surface area contributed by atoms with Crippen molar-refractivity contribution in [3.05, 3.63) is 53.9 Å². The van der Waals surface area contributed by atoms with Crippen molar-refractivity contribution in [1.82, 2.24) is 4.98 Å². The summed E-state index contributed by atoms with van der Waals surface area (Å²) in [6, 6.07) is 11.9. The fourth-order valence-corrected chi connectivity index (χ4v) is 1.66. The Morgan fingerprint density at radius 2 is 2.06 bits per heavy atom. The third kappa shape index (κ3) is 2.49. The van der Waals surface area contributed by atoms with Gasteiger partial charge >= 0.3 is 0 Å². The first kappa shape index (κ1) is 11.3. The van der Waals surface area contributed by atoms with E-state index in [1.807, 2.05) is 37.3 Å². The van der Waals surface area contributed by atoms with Gasteiger partial charge in [-0.3, -0.25) is 4.98 Å². The minimum atomic E-state index is 0.00191. The Bertz CT molecular complexity index is 568. The maximum atomic E-state index is 8.84. The predicted molar refractivity (Wildman–Crippen MR) is 67.0 cm³/mol. The number of rotatable bonds is 2. The van der Waals surface area contributed by atoms with Gasteiger partial charge in [-0.2, -0.15) is 5.26 Å². The summed E-state index contributed by atoms with van der Waals surface area (Å²) < 4.78 is 0. The number of aromatic nitrogens is 1. The molecule has 1 aromatic heterocycles. The monoisotopic (exact) mass is 223 g/mol. The number of hydrogen-bond donors (Lipinski definition) is 1. The summed E-state index contributed by atoms with van der Waals surface area (Å²) in [7, 11) is 0. The molecule has 2 rings (SSSR count). The molecule has 17 heavy (non-hydrogen) atoms. The third-order valence-electron chi connectivity index (χ3n) is 2.61. The van der Waals surface area contributed by atoms with E-state index in [9.17, 15) is 0 Å². The number of benzene rings is 1. The third-order valence-corrected chi connectivity index (χ3v) is 2.61. The molecule has 84 valence electrons. The lowest BCUT2D eigenvalue weighted by Crippen LogP contribution is -2.04. The first-order valence-corrected chi connectivity index (χ1v) is 5.42. The van der Waals surface area contributed by atoms with E-state index >= 15 is 0 Å². The first-order valence-electron chi connectivity index (χ1n) is 5.42. The van der Waals surface area contributed by atoms with Gasteiger partial charge in [0, 0.05) is 24.0 Å². The van der Waals surface area contributed by atoms with Gasteiger partial charge in [0.05, 0.1) is 5.56 Å². The number of nitrogens with zero attached hydrogens (tertiary/aromatic N) is 2. The van der Waals surface area contributed by atoms with Gasteiger partial charge in [-0.05, 0) is 30.2 Å². The molecule has 3 nitrogen and oxygen atoms in total. The highest BCUT2D eigenvalue weighted by molar-refractivity contribution is 5.64. The van der Waals surface area contributed by atoms with Crippen LogP contribution in [-0.2, 0) is 0 Å². The summed E-state index contributed by atoms with van der Waals surface area (Å²) in [5, 5.41) is 8.84. The highest BCUT2D eigenvalue weighted by Gasteiger charge is 2.03. The Hall–Kier alpha value is -2.18. The van der Waals surface area contributed by atoms with Crippen LogP contribution in [0.5, 0.6) is 0 Å². The minimum Gasteiger partial charge on any atom is -0.324 e. The predicted octanol–water partition coefficient (Wildman–Crippen LogP) is 2.64. The Kier molecular flexibility index (Phi) is 3.17. The smallest absolute Gasteiger partial charge is 0.101 e. The van der Waals surface area contributed by atoms with Crippen molar-refractivity contribution < 1.29 is 0 Å². The molecule has 3 heteroatoms. The van der Waals surface area contributed by atoms with E-state index in [1.54, 1.807) is 12.4 Å². The lowest BCUT2D eigenvalue weighted by atomic mass is 10.0. The van der Waals surface area contributed by atoms with Crippen LogP contribution in [0.15, 0.2) is 42.7 Å². The van der Waals surface area contributed by atoms with Gasteiger partial charge < -0.3 is 5.73 Å². The van der Waals surface area contributed by atoms with Crippen molar-refractivity contribution in [2.24, 2.45) is 5.73 Å². The molecular weight excluding hydrogens is 210 g/mol. The van der Waals surface area contributed by atoms with Gasteiger partial charge in [0.25, 0.3) is 0 Å². The zero-order valence-electron chi connectivity index (χ0n) is 9.59. The second-order valence-electron chi connectivity index (χ2n) is 3.99. The SMILES string of the molecule is CC(N)c1cccc(-c2cncc(C#N)c2)c1. The summed E-state index contributed by atoms with van der Waals surface area (Å²) in [4.78, 5) is 4.05. The molecule has 1 aromatic carbocycles. The Balaban J connectivity index is 2.46. The van der Waals surface area contributed by atoms with Gasteiger partial charge in [0.2, 0.25) is 0 Å². The van der Waals surface area contributed by atoms with Gasteiger partial charge in [-0.25, -0.2) is 0 Å². The number of nitriles is 1. The van der Waals surface area contributed by atoms with E-state index in [1.165, 1.54) is 0 Å². The number of hydrogen-bond acceptors (Lipinski definition) is 3. The Labute approximate surface area is 101 Å². The molecule has 1 unspecified atom stereocenters. The lowest BCUT2D eigenvalue weighted by Gasteiger charge is -2.08.